The minimum Gasteiger partial charge on any atom is -0.299 e. The van der Waals surface area contributed by atoms with Gasteiger partial charge in [-0.15, -0.1) is 0 Å². The molecule has 15 heavy (non-hydrogen) atoms. The molecule has 2 unspecified atom stereocenters. The van der Waals surface area contributed by atoms with Crippen molar-refractivity contribution in [1.29, 1.82) is 0 Å². The summed E-state index contributed by atoms with van der Waals surface area (Å²) in [5.41, 5.74) is 0.874. The Balaban J connectivity index is 1.73. The van der Waals surface area contributed by atoms with Gasteiger partial charge in [0, 0.05) is 11.3 Å². The van der Waals surface area contributed by atoms with Gasteiger partial charge < -0.3 is 0 Å². The van der Waals surface area contributed by atoms with Crippen LogP contribution in [0.4, 0.5) is 0 Å². The van der Waals surface area contributed by atoms with Gasteiger partial charge in [0.15, 0.2) is 0 Å². The van der Waals surface area contributed by atoms with Crippen molar-refractivity contribution in [3.63, 3.8) is 0 Å². The molecule has 1 nitrogen and oxygen atoms in total. The van der Waals surface area contributed by atoms with E-state index in [1.807, 2.05) is 0 Å². The smallest absolute Gasteiger partial charge is 0.141 e. The van der Waals surface area contributed by atoms with E-state index >= 15 is 0 Å². The van der Waals surface area contributed by atoms with Crippen LogP contribution in [-0.2, 0) is 4.79 Å². The highest BCUT2D eigenvalue weighted by Crippen LogP contribution is 2.84. The first kappa shape index (κ1) is 8.78. The third-order valence-electron chi connectivity index (χ3n) is 6.38. The van der Waals surface area contributed by atoms with Gasteiger partial charge in [-0.3, -0.25) is 4.79 Å². The topological polar surface area (TPSA) is 17.1 Å². The molecule has 0 aliphatic heterocycles. The van der Waals surface area contributed by atoms with Gasteiger partial charge in [0.1, 0.15) is 5.78 Å². The van der Waals surface area contributed by atoms with Gasteiger partial charge in [0.25, 0.3) is 0 Å². The Morgan fingerprint density at radius 1 is 1.13 bits per heavy atom. The maximum Gasteiger partial charge on any atom is 0.141 e. The Morgan fingerprint density at radius 2 is 1.73 bits per heavy atom. The van der Waals surface area contributed by atoms with Crippen LogP contribution in [0.3, 0.4) is 0 Å². The first-order valence-corrected chi connectivity index (χ1v) is 6.63. The molecular formula is C14H20O. The van der Waals surface area contributed by atoms with Crippen molar-refractivity contribution in [2.45, 2.75) is 46.0 Å². The number of carbonyl (C=O) groups excluding carboxylic acids is 1. The molecule has 0 aromatic rings. The van der Waals surface area contributed by atoms with Crippen molar-refractivity contribution in [2.24, 2.45) is 34.5 Å². The molecule has 4 saturated carbocycles. The summed E-state index contributed by atoms with van der Waals surface area (Å²) in [4.78, 5) is 12.4. The lowest BCUT2D eigenvalue weighted by molar-refractivity contribution is -0.178. The van der Waals surface area contributed by atoms with Gasteiger partial charge >= 0.3 is 0 Å². The van der Waals surface area contributed by atoms with Crippen molar-refractivity contribution in [3.8, 4) is 0 Å². The maximum atomic E-state index is 12.4. The molecule has 0 heterocycles. The van der Waals surface area contributed by atoms with E-state index in [4.69, 9.17) is 0 Å². The van der Waals surface area contributed by atoms with Crippen molar-refractivity contribution in [1.82, 2.24) is 0 Å². The molecule has 4 aliphatic rings. The fourth-order valence-electron chi connectivity index (χ4n) is 5.98. The van der Waals surface area contributed by atoms with Gasteiger partial charge in [0.2, 0.25) is 0 Å². The zero-order chi connectivity index (χ0) is 10.4. The second kappa shape index (κ2) is 2.19. The highest BCUT2D eigenvalue weighted by Gasteiger charge is 2.78. The van der Waals surface area contributed by atoms with Crippen molar-refractivity contribution < 1.29 is 4.79 Å². The SMILES string of the molecule is CC(C)C(=O)C12CC3CC4CC(C1)C43C2. The largest absolute Gasteiger partial charge is 0.299 e. The quantitative estimate of drug-likeness (QED) is 0.675. The number of hydrogen-bond acceptors (Lipinski definition) is 1. The highest BCUT2D eigenvalue weighted by atomic mass is 16.1. The second-order valence-electron chi connectivity index (χ2n) is 7.06. The molecule has 0 N–H and O–H groups in total. The van der Waals surface area contributed by atoms with E-state index in [0.717, 1.165) is 17.8 Å². The van der Waals surface area contributed by atoms with Crippen LogP contribution < -0.4 is 0 Å². The molecule has 1 spiro atoms. The molecule has 4 aliphatic carbocycles. The van der Waals surface area contributed by atoms with E-state index in [0.29, 0.717) is 11.2 Å². The standard InChI is InChI=1S/C14H20O/c1-8(2)12(15)13-5-10-3-9-4-11(6-13)14(9,10)7-13/h8-11H,3-7H2,1-2H3. The Bertz CT molecular complexity index is 338. The van der Waals surface area contributed by atoms with E-state index in [1.165, 1.54) is 32.1 Å². The van der Waals surface area contributed by atoms with Crippen molar-refractivity contribution in [3.05, 3.63) is 0 Å². The number of ketones is 1. The van der Waals surface area contributed by atoms with E-state index in [1.54, 1.807) is 0 Å². The van der Waals surface area contributed by atoms with Crippen LogP contribution in [0, 0.1) is 34.5 Å². The van der Waals surface area contributed by atoms with Crippen LogP contribution in [0.25, 0.3) is 0 Å². The summed E-state index contributed by atoms with van der Waals surface area (Å²) in [7, 11) is 0. The predicted molar refractivity (Wildman–Crippen MR) is 58.3 cm³/mol. The number of Topliss-reactive ketones (excluding diaryl/α,β-unsaturated/α-hetero) is 1. The van der Waals surface area contributed by atoms with Crippen LogP contribution >= 0.6 is 0 Å². The van der Waals surface area contributed by atoms with Gasteiger partial charge in [-0.05, 0) is 55.3 Å². The van der Waals surface area contributed by atoms with Crippen LogP contribution in [0.1, 0.15) is 46.0 Å². The lowest BCUT2D eigenvalue weighted by atomic mass is 9.38. The minimum atomic E-state index is 0.161. The summed E-state index contributed by atoms with van der Waals surface area (Å²) in [5, 5.41) is 0. The Kier molecular flexibility index (Phi) is 1.28. The lowest BCUT2D eigenvalue weighted by Crippen LogP contribution is -2.59. The molecule has 0 aromatic heterocycles. The molecule has 0 amide bonds. The third kappa shape index (κ3) is 0.697. The Morgan fingerprint density at radius 3 is 2.13 bits per heavy atom. The molecule has 0 saturated heterocycles. The summed E-state index contributed by atoms with van der Waals surface area (Å²) >= 11 is 0. The normalized spacial score (nSPS) is 58.7. The molecule has 4 fully saturated rings. The first-order valence-electron chi connectivity index (χ1n) is 6.63. The molecule has 82 valence electrons. The molecule has 0 radical (unpaired) electrons. The highest BCUT2D eigenvalue weighted by molar-refractivity contribution is 5.88. The Labute approximate surface area is 91.6 Å². The lowest BCUT2D eigenvalue weighted by Gasteiger charge is -2.66. The van der Waals surface area contributed by atoms with E-state index in [2.05, 4.69) is 13.8 Å². The zero-order valence-corrected chi connectivity index (χ0v) is 9.75. The summed E-state index contributed by atoms with van der Waals surface area (Å²) in [6.45, 7) is 4.18. The van der Waals surface area contributed by atoms with Gasteiger partial charge in [0.05, 0.1) is 0 Å². The first-order chi connectivity index (χ1) is 7.08. The average Bonchev–Trinajstić information content (AvgIpc) is 2.62. The Hall–Kier alpha value is -0.330. The molecule has 0 aromatic carbocycles. The van der Waals surface area contributed by atoms with Crippen molar-refractivity contribution >= 4 is 5.78 Å². The predicted octanol–water partition coefficient (Wildman–Crippen LogP) is 3.04. The minimum absolute atomic E-state index is 0.161. The molecule has 2 atom stereocenters. The summed E-state index contributed by atoms with van der Waals surface area (Å²) in [5.74, 6) is 3.81. The van der Waals surface area contributed by atoms with E-state index in [-0.39, 0.29) is 11.3 Å². The van der Waals surface area contributed by atoms with Crippen LogP contribution in [0.15, 0.2) is 0 Å². The summed E-state index contributed by atoms with van der Waals surface area (Å²) in [6.07, 6.45) is 6.73. The molecule has 2 bridgehead atoms. The van der Waals surface area contributed by atoms with Gasteiger partial charge in [-0.25, -0.2) is 0 Å². The summed E-state index contributed by atoms with van der Waals surface area (Å²) < 4.78 is 0. The van der Waals surface area contributed by atoms with Crippen LogP contribution in [0.5, 0.6) is 0 Å². The molecular weight excluding hydrogens is 184 g/mol. The van der Waals surface area contributed by atoms with Crippen LogP contribution in [-0.4, -0.2) is 5.78 Å². The van der Waals surface area contributed by atoms with Gasteiger partial charge in [-0.1, -0.05) is 13.8 Å². The van der Waals surface area contributed by atoms with Crippen molar-refractivity contribution in [2.75, 3.05) is 0 Å². The number of hydrogen-bond donors (Lipinski definition) is 0. The fourth-order valence-corrected chi connectivity index (χ4v) is 5.98. The number of fused-ring (bicyclic) bond motifs is 1. The summed E-state index contributed by atoms with van der Waals surface area (Å²) in [6, 6.07) is 0. The van der Waals surface area contributed by atoms with E-state index in [9.17, 15) is 4.79 Å². The number of rotatable bonds is 2. The average molecular weight is 204 g/mol. The monoisotopic (exact) mass is 204 g/mol. The third-order valence-corrected chi connectivity index (χ3v) is 6.38. The maximum absolute atomic E-state index is 12.4. The molecule has 4 rings (SSSR count). The second-order valence-corrected chi connectivity index (χ2v) is 7.06. The van der Waals surface area contributed by atoms with Crippen LogP contribution in [0.2, 0.25) is 0 Å². The fraction of sp³-hybridized carbons (Fsp3) is 0.929. The van der Waals surface area contributed by atoms with Gasteiger partial charge in [-0.2, -0.15) is 0 Å². The molecule has 1 heteroatoms. The zero-order valence-electron chi connectivity index (χ0n) is 9.75. The van der Waals surface area contributed by atoms with E-state index < -0.39 is 0 Å². The number of carbonyl (C=O) groups is 1.